The van der Waals surface area contributed by atoms with Crippen molar-refractivity contribution >= 4 is 33.7 Å². The van der Waals surface area contributed by atoms with Crippen molar-refractivity contribution in [2.45, 2.75) is 0 Å². The fourth-order valence-corrected chi connectivity index (χ4v) is 3.56. The highest BCUT2D eigenvalue weighted by molar-refractivity contribution is 7.14. The molecule has 4 aromatic rings. The predicted octanol–water partition coefficient (Wildman–Crippen LogP) is 2.46. The highest BCUT2D eigenvalue weighted by Crippen LogP contribution is 2.30. The second kappa shape index (κ2) is 5.00. The summed E-state index contributed by atoms with van der Waals surface area (Å²) in [6.45, 7) is 0. The van der Waals surface area contributed by atoms with Crippen LogP contribution in [0.2, 0.25) is 0 Å². The lowest BCUT2D eigenvalue weighted by molar-refractivity contribution is 1.05. The van der Waals surface area contributed by atoms with Gasteiger partial charge in [-0.05, 0) is 22.9 Å². The highest BCUT2D eigenvalue weighted by Gasteiger charge is 2.16. The largest absolute Gasteiger partial charge is 0.327 e. The van der Waals surface area contributed by atoms with Crippen molar-refractivity contribution in [1.82, 2.24) is 19.9 Å². The van der Waals surface area contributed by atoms with Crippen LogP contribution in [0.4, 0.5) is 0 Å². The van der Waals surface area contributed by atoms with E-state index < -0.39 is 11.2 Å². The lowest BCUT2D eigenvalue weighted by atomic mass is 10.2. The second-order valence-electron chi connectivity index (χ2n) is 4.48. The van der Waals surface area contributed by atoms with Crippen molar-refractivity contribution in [2.24, 2.45) is 0 Å². The van der Waals surface area contributed by atoms with Crippen LogP contribution in [-0.4, -0.2) is 19.9 Å². The molecule has 0 aliphatic carbocycles. The average molecular weight is 328 g/mol. The van der Waals surface area contributed by atoms with Gasteiger partial charge in [0.25, 0.3) is 5.56 Å². The Labute approximate surface area is 131 Å². The Kier molecular flexibility index (Phi) is 2.98. The molecule has 0 amide bonds. The molecule has 0 atom stereocenters. The lowest BCUT2D eigenvalue weighted by Gasteiger charge is -2.05. The quantitative estimate of drug-likeness (QED) is 0.591. The minimum Gasteiger partial charge on any atom is -0.291 e. The zero-order valence-electron chi connectivity index (χ0n) is 11.0. The van der Waals surface area contributed by atoms with E-state index >= 15 is 0 Å². The monoisotopic (exact) mass is 328 g/mol. The zero-order valence-corrected chi connectivity index (χ0v) is 12.6. The van der Waals surface area contributed by atoms with Gasteiger partial charge in [0.15, 0.2) is 11.5 Å². The third-order valence-corrected chi connectivity index (χ3v) is 4.83. The molecule has 6 nitrogen and oxygen atoms in total. The Hall–Kier alpha value is -2.58. The van der Waals surface area contributed by atoms with E-state index in [9.17, 15) is 9.59 Å². The van der Waals surface area contributed by atoms with E-state index in [0.717, 1.165) is 9.75 Å². The molecule has 0 aromatic carbocycles. The molecule has 108 valence electrons. The smallest absolute Gasteiger partial charge is 0.291 e. The number of thiophene rings is 2. The Balaban J connectivity index is 2.15. The number of hydrogen-bond donors (Lipinski definition) is 2. The minimum atomic E-state index is -0.578. The summed E-state index contributed by atoms with van der Waals surface area (Å²) >= 11 is 2.98. The van der Waals surface area contributed by atoms with Crippen LogP contribution in [0.15, 0.2) is 44.6 Å². The number of nitrogens with zero attached hydrogens (tertiary/aromatic N) is 2. The summed E-state index contributed by atoms with van der Waals surface area (Å²) in [6.07, 6.45) is 0. The molecule has 0 saturated heterocycles. The maximum atomic E-state index is 12.2. The Morgan fingerprint density at radius 1 is 0.909 bits per heavy atom. The number of aromatic nitrogens is 4. The van der Waals surface area contributed by atoms with Gasteiger partial charge in [0, 0.05) is 0 Å². The summed E-state index contributed by atoms with van der Waals surface area (Å²) in [7, 11) is 0. The summed E-state index contributed by atoms with van der Waals surface area (Å²) in [5.74, 6) is 0.493. The standard InChI is InChI=1S/C14H8N4O2S2/c19-13-9-10(7-3-1-5-21-7)15-11(8-4-2-6-22-8)16-12(9)17-14(20)18-13/h1-6H,(H2,15,16,17,18,19,20). The zero-order chi connectivity index (χ0) is 15.1. The molecule has 0 saturated carbocycles. The van der Waals surface area contributed by atoms with Gasteiger partial charge in [0.2, 0.25) is 0 Å². The van der Waals surface area contributed by atoms with E-state index in [4.69, 9.17) is 0 Å². The molecule has 0 spiro atoms. The van der Waals surface area contributed by atoms with Crippen molar-refractivity contribution in [3.05, 3.63) is 55.9 Å². The van der Waals surface area contributed by atoms with Gasteiger partial charge in [-0.2, -0.15) is 0 Å². The molecule has 0 fully saturated rings. The first kappa shape index (κ1) is 13.1. The summed E-state index contributed by atoms with van der Waals surface area (Å²) in [5.41, 5.74) is -0.290. The van der Waals surface area contributed by atoms with Crippen molar-refractivity contribution in [2.75, 3.05) is 0 Å². The van der Waals surface area contributed by atoms with Gasteiger partial charge in [0.1, 0.15) is 5.39 Å². The first-order valence-corrected chi connectivity index (χ1v) is 8.10. The molecule has 0 radical (unpaired) electrons. The van der Waals surface area contributed by atoms with E-state index in [1.54, 1.807) is 0 Å². The van der Waals surface area contributed by atoms with Crippen LogP contribution in [0.25, 0.3) is 32.3 Å². The number of H-pyrrole nitrogens is 2. The van der Waals surface area contributed by atoms with Gasteiger partial charge < -0.3 is 0 Å². The number of nitrogens with one attached hydrogen (secondary N) is 2. The third kappa shape index (κ3) is 2.09. The topological polar surface area (TPSA) is 91.5 Å². The Morgan fingerprint density at radius 2 is 1.64 bits per heavy atom. The molecule has 4 heterocycles. The van der Waals surface area contributed by atoms with E-state index in [1.807, 2.05) is 35.0 Å². The molecule has 4 aromatic heterocycles. The van der Waals surface area contributed by atoms with Gasteiger partial charge in [-0.15, -0.1) is 22.7 Å². The van der Waals surface area contributed by atoms with E-state index in [2.05, 4.69) is 19.9 Å². The summed E-state index contributed by atoms with van der Waals surface area (Å²) in [4.78, 5) is 39.1. The summed E-state index contributed by atoms with van der Waals surface area (Å²) < 4.78 is 0. The van der Waals surface area contributed by atoms with Crippen molar-refractivity contribution in [1.29, 1.82) is 0 Å². The van der Waals surface area contributed by atoms with Crippen LogP contribution in [0, 0.1) is 0 Å². The van der Waals surface area contributed by atoms with E-state index in [0.29, 0.717) is 16.9 Å². The maximum Gasteiger partial charge on any atom is 0.327 e. The molecular weight excluding hydrogens is 320 g/mol. The highest BCUT2D eigenvalue weighted by atomic mass is 32.1. The maximum absolute atomic E-state index is 12.2. The van der Waals surface area contributed by atoms with Crippen molar-refractivity contribution < 1.29 is 0 Å². The molecule has 0 aliphatic heterocycles. The van der Waals surface area contributed by atoms with Crippen LogP contribution in [0.5, 0.6) is 0 Å². The number of aromatic amines is 2. The second-order valence-corrected chi connectivity index (χ2v) is 6.38. The van der Waals surface area contributed by atoms with Crippen LogP contribution >= 0.6 is 22.7 Å². The first-order valence-electron chi connectivity index (χ1n) is 6.34. The lowest BCUT2D eigenvalue weighted by Crippen LogP contribution is -2.23. The molecular formula is C14H8N4O2S2. The predicted molar refractivity (Wildman–Crippen MR) is 87.4 cm³/mol. The van der Waals surface area contributed by atoms with Gasteiger partial charge in [-0.25, -0.2) is 14.8 Å². The van der Waals surface area contributed by atoms with Gasteiger partial charge >= 0.3 is 5.69 Å². The SMILES string of the molecule is O=c1[nH]c(=O)c2c(-c3cccs3)nc(-c3cccs3)nc2[nH]1. The Morgan fingerprint density at radius 3 is 2.32 bits per heavy atom. The summed E-state index contributed by atoms with van der Waals surface area (Å²) in [5, 5.41) is 4.13. The van der Waals surface area contributed by atoms with Crippen LogP contribution < -0.4 is 11.2 Å². The van der Waals surface area contributed by atoms with Crippen LogP contribution in [0.1, 0.15) is 0 Å². The molecule has 0 aliphatic rings. The fourth-order valence-electron chi connectivity index (χ4n) is 2.18. The summed E-state index contributed by atoms with van der Waals surface area (Å²) in [6, 6.07) is 7.57. The number of hydrogen-bond acceptors (Lipinski definition) is 6. The molecule has 22 heavy (non-hydrogen) atoms. The van der Waals surface area contributed by atoms with E-state index in [1.165, 1.54) is 22.7 Å². The first-order chi connectivity index (χ1) is 10.7. The normalized spacial score (nSPS) is 11.1. The molecule has 2 N–H and O–H groups in total. The van der Waals surface area contributed by atoms with Crippen LogP contribution in [0.3, 0.4) is 0 Å². The van der Waals surface area contributed by atoms with Gasteiger partial charge in [-0.3, -0.25) is 14.8 Å². The minimum absolute atomic E-state index is 0.246. The molecule has 0 unspecified atom stereocenters. The molecule has 0 bridgehead atoms. The fraction of sp³-hybridized carbons (Fsp3) is 0. The van der Waals surface area contributed by atoms with Crippen molar-refractivity contribution in [3.63, 3.8) is 0 Å². The van der Waals surface area contributed by atoms with Gasteiger partial charge in [0.05, 0.1) is 15.4 Å². The number of rotatable bonds is 2. The van der Waals surface area contributed by atoms with Gasteiger partial charge in [-0.1, -0.05) is 12.1 Å². The molecule has 4 rings (SSSR count). The Bertz CT molecular complexity index is 1060. The third-order valence-electron chi connectivity index (χ3n) is 3.09. The average Bonchev–Trinajstić information content (AvgIpc) is 3.19. The molecule has 8 heteroatoms. The van der Waals surface area contributed by atoms with E-state index in [-0.39, 0.29) is 5.65 Å². The number of fused-ring (bicyclic) bond motifs is 1. The van der Waals surface area contributed by atoms with Crippen LogP contribution in [-0.2, 0) is 0 Å². The van der Waals surface area contributed by atoms with Crippen molar-refractivity contribution in [3.8, 4) is 21.3 Å².